The number of aromatic nitrogens is 2. The van der Waals surface area contributed by atoms with Crippen LogP contribution in [0.5, 0.6) is 0 Å². The van der Waals surface area contributed by atoms with Crippen LogP contribution in [0, 0.1) is 10.1 Å². The number of anilines is 1. The number of amides is 1. The lowest BCUT2D eigenvalue weighted by molar-refractivity contribution is -0.384. The molecule has 27 heavy (non-hydrogen) atoms. The first-order valence-electron chi connectivity index (χ1n) is 8.28. The van der Waals surface area contributed by atoms with Gasteiger partial charge in [0, 0.05) is 37.0 Å². The van der Waals surface area contributed by atoms with Gasteiger partial charge in [0.2, 0.25) is 5.91 Å². The first-order chi connectivity index (χ1) is 13.1. The van der Waals surface area contributed by atoms with Crippen LogP contribution in [0.3, 0.4) is 0 Å². The minimum Gasteiger partial charge on any atom is -0.383 e. The van der Waals surface area contributed by atoms with Gasteiger partial charge in [-0.1, -0.05) is 12.1 Å². The van der Waals surface area contributed by atoms with E-state index in [1.807, 2.05) is 24.3 Å². The van der Waals surface area contributed by atoms with Gasteiger partial charge in [-0.2, -0.15) is 0 Å². The van der Waals surface area contributed by atoms with E-state index in [2.05, 4.69) is 20.6 Å². The quantitative estimate of drug-likeness (QED) is 0.289. The highest BCUT2D eigenvalue weighted by Gasteiger charge is 2.03. The Labute approximate surface area is 155 Å². The third-order valence-corrected chi connectivity index (χ3v) is 3.70. The number of carbonyl (C=O) groups is 1. The summed E-state index contributed by atoms with van der Waals surface area (Å²) in [6.07, 6.45) is 4.63. The predicted molar refractivity (Wildman–Crippen MR) is 103 cm³/mol. The van der Waals surface area contributed by atoms with Crippen LogP contribution >= 0.6 is 0 Å². The molecule has 0 bridgehead atoms. The van der Waals surface area contributed by atoms with Crippen molar-refractivity contribution in [3.8, 4) is 0 Å². The Bertz CT molecular complexity index is 986. The summed E-state index contributed by atoms with van der Waals surface area (Å²) in [5.74, 6) is -0.240. The molecule has 0 unspecified atom stereocenters. The Balaban J connectivity index is 1.44. The number of nitrogens with zero attached hydrogens (tertiary/aromatic N) is 3. The van der Waals surface area contributed by atoms with E-state index in [1.165, 1.54) is 18.2 Å². The van der Waals surface area contributed by atoms with Crippen molar-refractivity contribution in [2.24, 2.45) is 0 Å². The zero-order valence-corrected chi connectivity index (χ0v) is 14.3. The average molecular weight is 363 g/mol. The summed E-state index contributed by atoms with van der Waals surface area (Å²) < 4.78 is 0. The van der Waals surface area contributed by atoms with Crippen LogP contribution in [-0.2, 0) is 4.79 Å². The van der Waals surface area contributed by atoms with Crippen molar-refractivity contribution in [1.82, 2.24) is 15.3 Å². The normalized spacial score (nSPS) is 10.8. The molecular formula is C19H17N5O3. The molecule has 8 heteroatoms. The van der Waals surface area contributed by atoms with Crippen LogP contribution in [0.4, 0.5) is 11.4 Å². The van der Waals surface area contributed by atoms with E-state index in [9.17, 15) is 14.9 Å². The molecule has 8 nitrogen and oxygen atoms in total. The average Bonchev–Trinajstić information content (AvgIpc) is 2.70. The highest BCUT2D eigenvalue weighted by Crippen LogP contribution is 2.14. The molecule has 136 valence electrons. The number of hydrogen-bond donors (Lipinski definition) is 2. The van der Waals surface area contributed by atoms with Crippen molar-refractivity contribution in [1.29, 1.82) is 0 Å². The van der Waals surface area contributed by atoms with E-state index in [0.29, 0.717) is 18.8 Å². The predicted octanol–water partition coefficient (Wildman–Crippen LogP) is 2.78. The van der Waals surface area contributed by atoms with E-state index in [1.54, 1.807) is 24.4 Å². The second-order valence-corrected chi connectivity index (χ2v) is 5.64. The number of nitrogens with one attached hydrogen (secondary N) is 2. The van der Waals surface area contributed by atoms with Crippen LogP contribution in [0.25, 0.3) is 17.1 Å². The van der Waals surface area contributed by atoms with Crippen LogP contribution in [0.15, 0.2) is 60.8 Å². The summed E-state index contributed by atoms with van der Waals surface area (Å²) in [5.41, 5.74) is 2.96. The highest BCUT2D eigenvalue weighted by atomic mass is 16.6. The minimum atomic E-state index is -0.448. The third kappa shape index (κ3) is 5.08. The molecule has 3 aromatic rings. The topological polar surface area (TPSA) is 110 Å². The summed E-state index contributed by atoms with van der Waals surface area (Å²) in [7, 11) is 0. The molecule has 1 aromatic heterocycles. The highest BCUT2D eigenvalue weighted by molar-refractivity contribution is 5.91. The molecular weight excluding hydrogens is 346 g/mol. The molecule has 2 N–H and O–H groups in total. The van der Waals surface area contributed by atoms with Gasteiger partial charge in [0.15, 0.2) is 0 Å². The summed E-state index contributed by atoms with van der Waals surface area (Å²) in [6.45, 7) is 0.900. The number of carbonyl (C=O) groups excluding carboxylic acids is 1. The van der Waals surface area contributed by atoms with Gasteiger partial charge in [0.25, 0.3) is 5.69 Å². The number of hydrogen-bond acceptors (Lipinski definition) is 6. The van der Waals surface area contributed by atoms with Gasteiger partial charge in [0.05, 0.1) is 27.8 Å². The van der Waals surface area contributed by atoms with E-state index < -0.39 is 4.92 Å². The van der Waals surface area contributed by atoms with Crippen molar-refractivity contribution in [3.63, 3.8) is 0 Å². The van der Waals surface area contributed by atoms with Crippen LogP contribution in [0.2, 0.25) is 0 Å². The first kappa shape index (κ1) is 18.0. The van der Waals surface area contributed by atoms with E-state index in [0.717, 1.165) is 16.7 Å². The first-order valence-corrected chi connectivity index (χ1v) is 8.28. The number of para-hydroxylation sites is 2. The van der Waals surface area contributed by atoms with Gasteiger partial charge in [-0.25, -0.2) is 4.98 Å². The van der Waals surface area contributed by atoms with Gasteiger partial charge in [-0.3, -0.25) is 19.9 Å². The van der Waals surface area contributed by atoms with Crippen LogP contribution in [0.1, 0.15) is 5.69 Å². The van der Waals surface area contributed by atoms with Gasteiger partial charge < -0.3 is 10.6 Å². The second kappa shape index (κ2) is 8.52. The molecule has 0 radical (unpaired) electrons. The minimum absolute atomic E-state index is 0.0378. The Hall–Kier alpha value is -3.81. The van der Waals surface area contributed by atoms with Crippen LogP contribution in [-0.4, -0.2) is 33.9 Å². The van der Waals surface area contributed by atoms with Crippen LogP contribution < -0.4 is 10.6 Å². The van der Waals surface area contributed by atoms with Gasteiger partial charge in [-0.15, -0.1) is 0 Å². The lowest BCUT2D eigenvalue weighted by atomic mass is 10.3. The molecule has 2 aromatic carbocycles. The lowest BCUT2D eigenvalue weighted by Gasteiger charge is -2.06. The summed E-state index contributed by atoms with van der Waals surface area (Å²) in [4.78, 5) is 30.7. The molecule has 0 aliphatic carbocycles. The smallest absolute Gasteiger partial charge is 0.269 e. The number of nitro benzene ring substituents is 1. The Morgan fingerprint density at radius 1 is 1.07 bits per heavy atom. The Morgan fingerprint density at radius 3 is 2.56 bits per heavy atom. The molecule has 1 heterocycles. The zero-order chi connectivity index (χ0) is 19.1. The molecule has 0 atom stereocenters. The lowest BCUT2D eigenvalue weighted by Crippen LogP contribution is -2.27. The monoisotopic (exact) mass is 363 g/mol. The molecule has 0 aliphatic rings. The van der Waals surface area contributed by atoms with E-state index in [4.69, 9.17) is 0 Å². The van der Waals surface area contributed by atoms with Crippen molar-refractivity contribution >= 4 is 34.4 Å². The molecule has 0 saturated heterocycles. The fraction of sp³-hybridized carbons (Fsp3) is 0.105. The van der Waals surface area contributed by atoms with Gasteiger partial charge in [-0.05, 0) is 30.3 Å². The number of non-ortho nitro benzene ring substituents is 1. The largest absolute Gasteiger partial charge is 0.383 e. The van der Waals surface area contributed by atoms with E-state index >= 15 is 0 Å². The molecule has 1 amide bonds. The molecule has 0 spiro atoms. The Morgan fingerprint density at radius 2 is 1.81 bits per heavy atom. The summed E-state index contributed by atoms with van der Waals surface area (Å²) in [5, 5.41) is 16.4. The third-order valence-electron chi connectivity index (χ3n) is 3.70. The summed E-state index contributed by atoms with van der Waals surface area (Å²) >= 11 is 0. The van der Waals surface area contributed by atoms with Gasteiger partial charge in [0.1, 0.15) is 0 Å². The molecule has 0 fully saturated rings. The molecule has 0 aliphatic heterocycles. The maximum Gasteiger partial charge on any atom is 0.269 e. The number of nitro groups is 1. The molecule has 0 saturated carbocycles. The fourth-order valence-corrected chi connectivity index (χ4v) is 2.37. The number of fused-ring (bicyclic) bond motifs is 1. The van der Waals surface area contributed by atoms with Crippen molar-refractivity contribution < 1.29 is 9.72 Å². The van der Waals surface area contributed by atoms with Crippen molar-refractivity contribution in [2.75, 3.05) is 18.4 Å². The number of rotatable bonds is 7. The maximum absolute atomic E-state index is 11.9. The van der Waals surface area contributed by atoms with E-state index in [-0.39, 0.29) is 11.6 Å². The number of benzene rings is 2. The second-order valence-electron chi connectivity index (χ2n) is 5.64. The van der Waals surface area contributed by atoms with Crippen molar-refractivity contribution in [2.45, 2.75) is 0 Å². The zero-order valence-electron chi connectivity index (χ0n) is 14.3. The van der Waals surface area contributed by atoms with Gasteiger partial charge >= 0.3 is 0 Å². The molecule has 3 rings (SSSR count). The summed E-state index contributed by atoms with van der Waals surface area (Å²) in [6, 6.07) is 13.6. The standard InChI is InChI=1S/C19H17N5O3/c25-19(10-7-15-13-22-17-3-1-2-4-18(17)23-15)21-12-11-20-14-5-8-16(9-6-14)24(26)27/h1-10,13,20H,11-12H2,(H,21,25)/b10-7+. The fourth-order valence-electron chi connectivity index (χ4n) is 2.37. The SMILES string of the molecule is O=C(/C=C/c1cnc2ccccc2n1)NCCNc1ccc([N+](=O)[O-])cc1. The Kier molecular flexibility index (Phi) is 5.68. The van der Waals surface area contributed by atoms with Crippen molar-refractivity contribution in [3.05, 3.63) is 76.6 Å². The maximum atomic E-state index is 11.9.